The number of carbonyl (C=O) groups excluding carboxylic acids is 1. The molecule has 5 nitrogen and oxygen atoms in total. The summed E-state index contributed by atoms with van der Waals surface area (Å²) in [5.41, 5.74) is 0.533. The van der Waals surface area contributed by atoms with Gasteiger partial charge in [0.15, 0.2) is 11.5 Å². The minimum atomic E-state index is -0.267. The molecule has 124 valence electrons. The van der Waals surface area contributed by atoms with E-state index in [1.54, 1.807) is 18.2 Å². The summed E-state index contributed by atoms with van der Waals surface area (Å²) in [7, 11) is 0. The van der Waals surface area contributed by atoms with Gasteiger partial charge in [-0.1, -0.05) is 6.42 Å². The first-order valence-electron chi connectivity index (χ1n) is 8.62. The van der Waals surface area contributed by atoms with Crippen molar-refractivity contribution in [3.63, 3.8) is 0 Å². The summed E-state index contributed by atoms with van der Waals surface area (Å²) >= 11 is 0. The Morgan fingerprint density at radius 1 is 1.13 bits per heavy atom. The van der Waals surface area contributed by atoms with Crippen LogP contribution >= 0.6 is 0 Å². The molecule has 0 aromatic heterocycles. The lowest BCUT2D eigenvalue weighted by molar-refractivity contribution is 0.00737. The van der Waals surface area contributed by atoms with Gasteiger partial charge in [-0.2, -0.15) is 0 Å². The number of fused-ring (bicyclic) bond motifs is 2. The lowest BCUT2D eigenvalue weighted by Gasteiger charge is -2.44. The largest absolute Gasteiger partial charge is 0.462 e. The third kappa shape index (κ3) is 3.02. The zero-order valence-corrected chi connectivity index (χ0v) is 13.3. The van der Waals surface area contributed by atoms with Crippen molar-refractivity contribution in [1.82, 2.24) is 4.90 Å². The highest BCUT2D eigenvalue weighted by atomic mass is 16.7. The third-order valence-corrected chi connectivity index (χ3v) is 5.27. The molecule has 4 rings (SSSR count). The van der Waals surface area contributed by atoms with Gasteiger partial charge in [0.1, 0.15) is 0 Å². The number of piperidine rings is 2. The monoisotopic (exact) mass is 317 g/mol. The van der Waals surface area contributed by atoms with Crippen molar-refractivity contribution in [2.24, 2.45) is 5.92 Å². The van der Waals surface area contributed by atoms with Gasteiger partial charge < -0.3 is 14.2 Å². The Morgan fingerprint density at radius 3 is 2.96 bits per heavy atom. The molecule has 3 heterocycles. The second-order valence-corrected chi connectivity index (χ2v) is 6.67. The molecule has 0 spiro atoms. The Balaban J connectivity index is 1.37. The van der Waals surface area contributed by atoms with Crippen molar-refractivity contribution in [2.75, 3.05) is 26.5 Å². The van der Waals surface area contributed by atoms with Gasteiger partial charge in [-0.25, -0.2) is 4.79 Å². The van der Waals surface area contributed by atoms with E-state index in [2.05, 4.69) is 4.90 Å². The van der Waals surface area contributed by atoms with E-state index in [0.29, 0.717) is 35.6 Å². The van der Waals surface area contributed by atoms with Crippen LogP contribution in [0.25, 0.3) is 0 Å². The van der Waals surface area contributed by atoms with Crippen molar-refractivity contribution in [1.29, 1.82) is 0 Å². The molecule has 1 aromatic carbocycles. The van der Waals surface area contributed by atoms with Crippen molar-refractivity contribution >= 4 is 5.97 Å². The summed E-state index contributed by atoms with van der Waals surface area (Å²) in [5, 5.41) is 0. The van der Waals surface area contributed by atoms with Gasteiger partial charge in [-0.3, -0.25) is 4.90 Å². The molecule has 5 heteroatoms. The number of hydrogen-bond acceptors (Lipinski definition) is 5. The predicted octanol–water partition coefficient (Wildman–Crippen LogP) is 2.84. The normalized spacial score (nSPS) is 26.6. The van der Waals surface area contributed by atoms with Gasteiger partial charge in [-0.05, 0) is 57.0 Å². The van der Waals surface area contributed by atoms with Crippen molar-refractivity contribution in [3.05, 3.63) is 23.8 Å². The first-order valence-corrected chi connectivity index (χ1v) is 8.62. The van der Waals surface area contributed by atoms with Gasteiger partial charge in [0.25, 0.3) is 0 Å². The first kappa shape index (κ1) is 14.8. The van der Waals surface area contributed by atoms with E-state index in [4.69, 9.17) is 14.2 Å². The third-order valence-electron chi connectivity index (χ3n) is 5.27. The Hall–Kier alpha value is -1.75. The number of hydrogen-bond donors (Lipinski definition) is 0. The van der Waals surface area contributed by atoms with Crippen LogP contribution in [0.4, 0.5) is 0 Å². The van der Waals surface area contributed by atoms with Gasteiger partial charge in [0.05, 0.1) is 12.2 Å². The molecule has 1 aromatic rings. The second-order valence-electron chi connectivity index (χ2n) is 6.67. The quantitative estimate of drug-likeness (QED) is 0.802. The molecule has 0 N–H and O–H groups in total. The van der Waals surface area contributed by atoms with Crippen molar-refractivity contribution in [2.45, 2.75) is 38.1 Å². The highest BCUT2D eigenvalue weighted by Gasteiger charge is 2.33. The summed E-state index contributed by atoms with van der Waals surface area (Å²) < 4.78 is 16.2. The molecule has 23 heavy (non-hydrogen) atoms. The fraction of sp³-hybridized carbons (Fsp3) is 0.611. The molecule has 0 aliphatic carbocycles. The maximum Gasteiger partial charge on any atom is 0.338 e. The topological polar surface area (TPSA) is 48.0 Å². The maximum absolute atomic E-state index is 12.3. The molecule has 0 saturated carbocycles. The lowest BCUT2D eigenvalue weighted by Crippen LogP contribution is -2.49. The molecule has 2 fully saturated rings. The molecule has 0 radical (unpaired) electrons. The number of ether oxygens (including phenoxy) is 3. The Labute approximate surface area is 136 Å². The lowest BCUT2D eigenvalue weighted by atomic mass is 9.84. The fourth-order valence-corrected chi connectivity index (χ4v) is 4.06. The zero-order chi connectivity index (χ0) is 15.6. The van der Waals surface area contributed by atoms with Crippen LogP contribution < -0.4 is 9.47 Å². The maximum atomic E-state index is 12.3. The molecular weight excluding hydrogens is 294 g/mol. The summed E-state index contributed by atoms with van der Waals surface area (Å²) in [5.74, 6) is 1.51. The number of nitrogens with zero attached hydrogens (tertiary/aromatic N) is 1. The molecule has 2 saturated heterocycles. The van der Waals surface area contributed by atoms with Crippen LogP contribution in [0, 0.1) is 5.92 Å². The predicted molar refractivity (Wildman–Crippen MR) is 84.8 cm³/mol. The van der Waals surface area contributed by atoms with E-state index in [9.17, 15) is 4.79 Å². The summed E-state index contributed by atoms with van der Waals surface area (Å²) in [6, 6.07) is 5.81. The minimum Gasteiger partial charge on any atom is -0.462 e. The fourth-order valence-electron chi connectivity index (χ4n) is 4.06. The Morgan fingerprint density at radius 2 is 2.00 bits per heavy atom. The van der Waals surface area contributed by atoms with E-state index in [1.807, 2.05) is 0 Å². The summed E-state index contributed by atoms with van der Waals surface area (Å²) in [6.45, 7) is 3.15. The Bertz CT molecular complexity index is 586. The minimum absolute atomic E-state index is 0.216. The van der Waals surface area contributed by atoms with Gasteiger partial charge >= 0.3 is 5.97 Å². The average molecular weight is 317 g/mol. The van der Waals surface area contributed by atoms with Gasteiger partial charge in [0, 0.05) is 12.0 Å². The number of esters is 1. The highest BCUT2D eigenvalue weighted by molar-refractivity contribution is 5.90. The van der Waals surface area contributed by atoms with Crippen LogP contribution in [0.5, 0.6) is 11.5 Å². The first-order chi connectivity index (χ1) is 11.3. The molecule has 3 aliphatic rings. The van der Waals surface area contributed by atoms with E-state index in [0.717, 1.165) is 6.42 Å². The summed E-state index contributed by atoms with van der Waals surface area (Å²) in [6.07, 6.45) is 6.22. The molecular formula is C18H23NO4. The zero-order valence-electron chi connectivity index (χ0n) is 13.3. The highest BCUT2D eigenvalue weighted by Crippen LogP contribution is 2.33. The van der Waals surface area contributed by atoms with E-state index in [1.165, 1.54) is 38.8 Å². The number of carbonyl (C=O) groups is 1. The average Bonchev–Trinajstić information content (AvgIpc) is 3.07. The molecule has 3 aliphatic heterocycles. The van der Waals surface area contributed by atoms with Crippen molar-refractivity contribution < 1.29 is 19.0 Å². The van der Waals surface area contributed by atoms with Gasteiger partial charge in [0.2, 0.25) is 6.79 Å². The Kier molecular flexibility index (Phi) is 4.12. The smallest absolute Gasteiger partial charge is 0.338 e. The number of benzene rings is 1. The second kappa shape index (κ2) is 6.40. The van der Waals surface area contributed by atoms with E-state index in [-0.39, 0.29) is 12.8 Å². The number of rotatable bonds is 3. The van der Waals surface area contributed by atoms with Crippen LogP contribution in [0.15, 0.2) is 18.2 Å². The molecule has 0 bridgehead atoms. The van der Waals surface area contributed by atoms with E-state index < -0.39 is 0 Å². The van der Waals surface area contributed by atoms with E-state index >= 15 is 0 Å². The van der Waals surface area contributed by atoms with Crippen LogP contribution in [-0.4, -0.2) is 43.4 Å². The van der Waals surface area contributed by atoms with Crippen LogP contribution in [0.2, 0.25) is 0 Å². The van der Waals surface area contributed by atoms with Crippen LogP contribution in [-0.2, 0) is 4.74 Å². The SMILES string of the molecule is O=C(OC[C@@H]1CCCN2CCCCC12)c1ccc2c(c1)OCO2. The van der Waals surface area contributed by atoms with Crippen molar-refractivity contribution in [3.8, 4) is 11.5 Å². The molecule has 0 amide bonds. The van der Waals surface area contributed by atoms with Crippen LogP contribution in [0.3, 0.4) is 0 Å². The standard InChI is InChI=1S/C18H23NO4/c20-18(13-6-7-16-17(10-13)23-12-22-16)21-11-14-4-3-9-19-8-2-1-5-15(14)19/h6-7,10,14-15H,1-5,8-9,11-12H2/t14-,15?/m0/s1. The van der Waals surface area contributed by atoms with Gasteiger partial charge in [-0.15, -0.1) is 0 Å². The molecule has 1 unspecified atom stereocenters. The summed E-state index contributed by atoms with van der Waals surface area (Å²) in [4.78, 5) is 14.9. The van der Waals surface area contributed by atoms with Crippen LogP contribution in [0.1, 0.15) is 42.5 Å². The molecule has 2 atom stereocenters.